The van der Waals surface area contributed by atoms with Crippen LogP contribution in [-0.2, 0) is 4.79 Å². The largest absolute Gasteiger partial charge is 0.342 e. The first kappa shape index (κ1) is 15.7. The van der Waals surface area contributed by atoms with Crippen LogP contribution in [0.2, 0.25) is 0 Å². The molecule has 0 bridgehead atoms. The summed E-state index contributed by atoms with van der Waals surface area (Å²) >= 11 is 0. The number of nitrogens with zero attached hydrogens (tertiary/aromatic N) is 6. The van der Waals surface area contributed by atoms with Crippen LogP contribution in [0.25, 0.3) is 17.0 Å². The summed E-state index contributed by atoms with van der Waals surface area (Å²) in [6.45, 7) is 7.50. The predicted molar refractivity (Wildman–Crippen MR) is 89.8 cm³/mol. The lowest BCUT2D eigenvalue weighted by molar-refractivity contribution is -0.128. The van der Waals surface area contributed by atoms with E-state index in [1.165, 1.54) is 0 Å². The molecule has 3 aromatic heterocycles. The average Bonchev–Trinajstić information content (AvgIpc) is 3.27. The van der Waals surface area contributed by atoms with Crippen LogP contribution < -0.4 is 0 Å². The van der Waals surface area contributed by atoms with Gasteiger partial charge in [0.05, 0.1) is 5.92 Å². The van der Waals surface area contributed by atoms with E-state index >= 15 is 0 Å². The van der Waals surface area contributed by atoms with Crippen molar-refractivity contribution < 1.29 is 9.32 Å². The van der Waals surface area contributed by atoms with Crippen LogP contribution in [0, 0.1) is 12.8 Å². The number of carbonyl (C=O) groups is 1. The summed E-state index contributed by atoms with van der Waals surface area (Å²) in [5.41, 5.74) is 1.60. The van der Waals surface area contributed by atoms with E-state index in [2.05, 4.69) is 34.2 Å². The fourth-order valence-electron chi connectivity index (χ4n) is 3.21. The monoisotopic (exact) mass is 340 g/mol. The molecule has 3 aromatic rings. The van der Waals surface area contributed by atoms with Crippen molar-refractivity contribution in [3.63, 3.8) is 0 Å². The van der Waals surface area contributed by atoms with Gasteiger partial charge in [0.25, 0.3) is 0 Å². The fraction of sp³-hybridized carbons (Fsp3) is 0.471. The van der Waals surface area contributed by atoms with Gasteiger partial charge in [-0.1, -0.05) is 19.0 Å². The molecule has 1 fully saturated rings. The molecule has 1 unspecified atom stereocenters. The van der Waals surface area contributed by atoms with Gasteiger partial charge in [0.2, 0.25) is 17.6 Å². The van der Waals surface area contributed by atoms with E-state index in [1.54, 1.807) is 0 Å². The molecule has 0 aliphatic carbocycles. The van der Waals surface area contributed by atoms with Crippen LogP contribution in [0.5, 0.6) is 0 Å². The van der Waals surface area contributed by atoms with E-state index in [4.69, 9.17) is 4.52 Å². The van der Waals surface area contributed by atoms with Crippen molar-refractivity contribution in [2.75, 3.05) is 13.1 Å². The molecule has 1 atom stereocenters. The van der Waals surface area contributed by atoms with Gasteiger partial charge in [-0.3, -0.25) is 9.20 Å². The second-order valence-corrected chi connectivity index (χ2v) is 6.94. The van der Waals surface area contributed by atoms with Crippen molar-refractivity contribution in [2.24, 2.45) is 5.92 Å². The van der Waals surface area contributed by atoms with Gasteiger partial charge < -0.3 is 9.42 Å². The number of carbonyl (C=O) groups excluding carboxylic acids is 1. The van der Waals surface area contributed by atoms with Gasteiger partial charge in [-0.25, -0.2) is 0 Å². The molecule has 4 heterocycles. The van der Waals surface area contributed by atoms with E-state index in [-0.39, 0.29) is 11.8 Å². The third kappa shape index (κ3) is 2.88. The predicted octanol–water partition coefficient (Wildman–Crippen LogP) is 2.06. The number of aryl methyl sites for hydroxylation is 1. The molecule has 0 saturated carbocycles. The number of pyridine rings is 1. The van der Waals surface area contributed by atoms with Crippen molar-refractivity contribution >= 4 is 11.6 Å². The number of amides is 1. The molecule has 1 aliphatic rings. The minimum absolute atomic E-state index is 0.0344. The molecule has 4 rings (SSSR count). The SMILES string of the molecule is Cc1nnc2ccc(-c3noc(C4CC(=O)N(CC(C)C)C4)n3)cn12. The Morgan fingerprint density at radius 3 is 2.96 bits per heavy atom. The van der Waals surface area contributed by atoms with Crippen LogP contribution in [-0.4, -0.2) is 48.6 Å². The van der Waals surface area contributed by atoms with Crippen LogP contribution in [0.15, 0.2) is 22.9 Å². The third-order valence-corrected chi connectivity index (χ3v) is 4.42. The summed E-state index contributed by atoms with van der Waals surface area (Å²) in [6, 6.07) is 3.76. The van der Waals surface area contributed by atoms with Crippen LogP contribution in [0.3, 0.4) is 0 Å². The van der Waals surface area contributed by atoms with Gasteiger partial charge in [0, 0.05) is 31.3 Å². The summed E-state index contributed by atoms with van der Waals surface area (Å²) < 4.78 is 7.33. The molecule has 8 heteroatoms. The van der Waals surface area contributed by atoms with E-state index in [0.29, 0.717) is 30.6 Å². The van der Waals surface area contributed by atoms with E-state index in [0.717, 1.165) is 23.6 Å². The third-order valence-electron chi connectivity index (χ3n) is 4.42. The highest BCUT2D eigenvalue weighted by atomic mass is 16.5. The number of hydrogen-bond donors (Lipinski definition) is 0. The lowest BCUT2D eigenvalue weighted by Crippen LogP contribution is -2.29. The summed E-state index contributed by atoms with van der Waals surface area (Å²) in [6.07, 6.45) is 2.32. The van der Waals surface area contributed by atoms with Gasteiger partial charge in [0.15, 0.2) is 5.65 Å². The van der Waals surface area contributed by atoms with Crippen LogP contribution in [0.1, 0.15) is 37.9 Å². The normalized spacial score (nSPS) is 18.0. The number of likely N-dealkylation sites (tertiary alicyclic amines) is 1. The topological polar surface area (TPSA) is 89.4 Å². The zero-order valence-electron chi connectivity index (χ0n) is 14.5. The van der Waals surface area contributed by atoms with E-state index < -0.39 is 0 Å². The Morgan fingerprint density at radius 1 is 1.32 bits per heavy atom. The summed E-state index contributed by atoms with van der Waals surface area (Å²) in [7, 11) is 0. The van der Waals surface area contributed by atoms with Gasteiger partial charge in [-0.15, -0.1) is 10.2 Å². The Labute approximate surface area is 144 Å². The highest BCUT2D eigenvalue weighted by Crippen LogP contribution is 2.29. The van der Waals surface area contributed by atoms with Crippen LogP contribution >= 0.6 is 0 Å². The Morgan fingerprint density at radius 2 is 2.16 bits per heavy atom. The van der Waals surface area contributed by atoms with E-state index in [1.807, 2.05) is 34.6 Å². The molecule has 0 aromatic carbocycles. The van der Waals surface area contributed by atoms with Crippen molar-refractivity contribution in [2.45, 2.75) is 33.1 Å². The first-order valence-electron chi connectivity index (χ1n) is 8.44. The summed E-state index contributed by atoms with van der Waals surface area (Å²) in [5, 5.41) is 12.2. The maximum absolute atomic E-state index is 12.1. The van der Waals surface area contributed by atoms with Crippen molar-refractivity contribution in [3.05, 3.63) is 30.0 Å². The minimum Gasteiger partial charge on any atom is -0.342 e. The molecule has 1 saturated heterocycles. The molecule has 0 spiro atoms. The number of hydrogen-bond acceptors (Lipinski definition) is 6. The summed E-state index contributed by atoms with van der Waals surface area (Å²) in [4.78, 5) is 18.5. The zero-order valence-corrected chi connectivity index (χ0v) is 14.5. The zero-order chi connectivity index (χ0) is 17.6. The maximum Gasteiger partial charge on any atom is 0.232 e. The highest BCUT2D eigenvalue weighted by Gasteiger charge is 2.34. The van der Waals surface area contributed by atoms with Gasteiger partial charge in [0.1, 0.15) is 5.82 Å². The number of fused-ring (bicyclic) bond motifs is 1. The standard InChI is InChI=1S/C17H20N6O2/c1-10(2)7-22-8-13(6-15(22)24)17-18-16(21-25-17)12-4-5-14-20-19-11(3)23(14)9-12/h4-5,9-10,13H,6-8H2,1-3H3. The highest BCUT2D eigenvalue weighted by molar-refractivity contribution is 5.79. The fourth-order valence-corrected chi connectivity index (χ4v) is 3.21. The Hall–Kier alpha value is -2.77. The second-order valence-electron chi connectivity index (χ2n) is 6.94. The first-order valence-corrected chi connectivity index (χ1v) is 8.44. The van der Waals surface area contributed by atoms with Crippen molar-refractivity contribution in [1.29, 1.82) is 0 Å². The minimum atomic E-state index is -0.0344. The lowest BCUT2D eigenvalue weighted by Gasteiger charge is -2.18. The molecule has 8 nitrogen and oxygen atoms in total. The second kappa shape index (κ2) is 5.94. The smallest absolute Gasteiger partial charge is 0.232 e. The van der Waals surface area contributed by atoms with Gasteiger partial charge >= 0.3 is 0 Å². The average molecular weight is 340 g/mol. The number of rotatable bonds is 4. The molecular formula is C17H20N6O2. The number of aromatic nitrogens is 5. The van der Waals surface area contributed by atoms with Crippen molar-refractivity contribution in [3.8, 4) is 11.4 Å². The molecule has 1 amide bonds. The lowest BCUT2D eigenvalue weighted by atomic mass is 10.1. The molecule has 0 radical (unpaired) electrons. The Bertz CT molecular complexity index is 928. The Kier molecular flexibility index (Phi) is 3.74. The maximum atomic E-state index is 12.1. The van der Waals surface area contributed by atoms with Crippen molar-refractivity contribution in [1.82, 2.24) is 29.6 Å². The molecule has 0 N–H and O–H groups in total. The van der Waals surface area contributed by atoms with Gasteiger partial charge in [-0.05, 0) is 25.0 Å². The molecule has 25 heavy (non-hydrogen) atoms. The Balaban J connectivity index is 1.57. The van der Waals surface area contributed by atoms with Gasteiger partial charge in [-0.2, -0.15) is 4.98 Å². The molecule has 1 aliphatic heterocycles. The quantitative estimate of drug-likeness (QED) is 0.722. The molecular weight excluding hydrogens is 320 g/mol. The van der Waals surface area contributed by atoms with Crippen LogP contribution in [0.4, 0.5) is 0 Å². The first-order chi connectivity index (χ1) is 12.0. The summed E-state index contributed by atoms with van der Waals surface area (Å²) in [5.74, 6) is 2.40. The van der Waals surface area contributed by atoms with E-state index in [9.17, 15) is 4.79 Å². The molecule has 130 valence electrons.